The molecule has 1 aliphatic heterocycles. The second-order valence-electron chi connectivity index (χ2n) is 6.11. The zero-order chi connectivity index (χ0) is 13.2. The lowest BCUT2D eigenvalue weighted by Crippen LogP contribution is -2.37. The fourth-order valence-electron chi connectivity index (χ4n) is 3.59. The molecule has 2 nitrogen and oxygen atoms in total. The maximum atomic E-state index is 12.5. The summed E-state index contributed by atoms with van der Waals surface area (Å²) in [5.41, 5.74) is 2.67. The molecule has 0 bridgehead atoms. The van der Waals surface area contributed by atoms with Gasteiger partial charge in [-0.25, -0.2) is 0 Å². The van der Waals surface area contributed by atoms with Gasteiger partial charge in [0.25, 0.3) is 0 Å². The minimum Gasteiger partial charge on any atom is -0.361 e. The Labute approximate surface area is 115 Å². The maximum Gasteiger partial charge on any atom is 0.155 e. The standard InChI is InChI=1S/C17H23NO/c1-13-11-15-9-5-6-10-16(15)18(13)12-17(19)14-7-3-2-4-8-14/h5-6,9-10,13-14H,2-4,7-8,11-12H2,1H3. The maximum absolute atomic E-state index is 12.5. The Bertz CT molecular complexity index is 462. The molecule has 1 aromatic rings. The fourth-order valence-corrected chi connectivity index (χ4v) is 3.59. The van der Waals surface area contributed by atoms with Crippen molar-refractivity contribution in [1.82, 2.24) is 0 Å². The molecule has 3 rings (SSSR count). The van der Waals surface area contributed by atoms with Crippen LogP contribution in [0.2, 0.25) is 0 Å². The SMILES string of the molecule is CC1Cc2ccccc2N1CC(=O)C1CCCCC1. The van der Waals surface area contributed by atoms with Crippen molar-refractivity contribution in [3.8, 4) is 0 Å². The van der Waals surface area contributed by atoms with Crippen molar-refractivity contribution in [2.24, 2.45) is 5.92 Å². The fraction of sp³-hybridized carbons (Fsp3) is 0.588. The topological polar surface area (TPSA) is 20.3 Å². The van der Waals surface area contributed by atoms with Gasteiger partial charge >= 0.3 is 0 Å². The molecule has 0 radical (unpaired) electrons. The van der Waals surface area contributed by atoms with Gasteiger partial charge < -0.3 is 4.90 Å². The molecule has 19 heavy (non-hydrogen) atoms. The van der Waals surface area contributed by atoms with Crippen LogP contribution in [0.25, 0.3) is 0 Å². The van der Waals surface area contributed by atoms with Gasteiger partial charge in [-0.3, -0.25) is 4.79 Å². The lowest BCUT2D eigenvalue weighted by atomic mass is 9.86. The average molecular weight is 257 g/mol. The van der Waals surface area contributed by atoms with Gasteiger partial charge in [-0.2, -0.15) is 0 Å². The summed E-state index contributed by atoms with van der Waals surface area (Å²) in [6.07, 6.45) is 7.09. The first-order valence-corrected chi connectivity index (χ1v) is 7.63. The number of hydrogen-bond acceptors (Lipinski definition) is 2. The van der Waals surface area contributed by atoms with Gasteiger partial charge in [0.1, 0.15) is 0 Å². The van der Waals surface area contributed by atoms with E-state index in [1.165, 1.54) is 30.5 Å². The second kappa shape index (κ2) is 5.36. The molecule has 1 atom stereocenters. The van der Waals surface area contributed by atoms with Crippen LogP contribution in [-0.4, -0.2) is 18.4 Å². The summed E-state index contributed by atoms with van der Waals surface area (Å²) >= 11 is 0. The van der Waals surface area contributed by atoms with Gasteiger partial charge in [0.05, 0.1) is 6.54 Å². The van der Waals surface area contributed by atoms with Crippen LogP contribution in [0.3, 0.4) is 0 Å². The van der Waals surface area contributed by atoms with Crippen LogP contribution in [-0.2, 0) is 11.2 Å². The number of fused-ring (bicyclic) bond motifs is 1. The first-order valence-electron chi connectivity index (χ1n) is 7.63. The van der Waals surface area contributed by atoms with Crippen LogP contribution >= 0.6 is 0 Å². The van der Waals surface area contributed by atoms with Crippen LogP contribution in [0.15, 0.2) is 24.3 Å². The Morgan fingerprint density at radius 3 is 2.74 bits per heavy atom. The highest BCUT2D eigenvalue weighted by atomic mass is 16.1. The summed E-state index contributed by atoms with van der Waals surface area (Å²) in [6, 6.07) is 8.99. The van der Waals surface area contributed by atoms with E-state index in [1.54, 1.807) is 0 Å². The Kier molecular flexibility index (Phi) is 3.58. The molecule has 0 spiro atoms. The van der Waals surface area contributed by atoms with Gasteiger partial charge in [0.15, 0.2) is 5.78 Å². The predicted octanol–water partition coefficient (Wildman–Crippen LogP) is 3.59. The van der Waals surface area contributed by atoms with Crippen LogP contribution in [0.5, 0.6) is 0 Å². The molecule has 0 N–H and O–H groups in total. The largest absolute Gasteiger partial charge is 0.361 e. The molecular weight excluding hydrogens is 234 g/mol. The molecular formula is C17H23NO. The quantitative estimate of drug-likeness (QED) is 0.825. The van der Waals surface area contributed by atoms with Crippen molar-refractivity contribution >= 4 is 11.5 Å². The molecule has 2 aliphatic rings. The summed E-state index contributed by atoms with van der Waals surface area (Å²) < 4.78 is 0. The molecule has 102 valence electrons. The first-order chi connectivity index (χ1) is 9.25. The third kappa shape index (κ3) is 2.54. The molecule has 1 aliphatic carbocycles. The third-order valence-electron chi connectivity index (χ3n) is 4.74. The molecule has 1 fully saturated rings. The van der Waals surface area contributed by atoms with E-state index in [0.717, 1.165) is 19.3 Å². The number of anilines is 1. The highest BCUT2D eigenvalue weighted by molar-refractivity contribution is 5.86. The highest BCUT2D eigenvalue weighted by Crippen LogP contribution is 2.32. The lowest BCUT2D eigenvalue weighted by molar-refractivity contribution is -0.122. The molecule has 2 heteroatoms. The smallest absolute Gasteiger partial charge is 0.155 e. The molecule has 1 saturated carbocycles. The molecule has 0 saturated heterocycles. The molecule has 1 aromatic carbocycles. The van der Waals surface area contributed by atoms with Crippen LogP contribution in [0, 0.1) is 5.92 Å². The summed E-state index contributed by atoms with van der Waals surface area (Å²) in [5, 5.41) is 0. The second-order valence-corrected chi connectivity index (χ2v) is 6.11. The van der Waals surface area contributed by atoms with E-state index in [9.17, 15) is 4.79 Å². The number of carbonyl (C=O) groups is 1. The Hall–Kier alpha value is -1.31. The van der Waals surface area contributed by atoms with Gasteiger partial charge in [0, 0.05) is 17.6 Å². The number of carbonyl (C=O) groups excluding carboxylic acids is 1. The van der Waals surface area contributed by atoms with E-state index in [0.29, 0.717) is 24.3 Å². The Morgan fingerprint density at radius 2 is 1.95 bits per heavy atom. The van der Waals surface area contributed by atoms with Gasteiger partial charge in [-0.1, -0.05) is 37.5 Å². The summed E-state index contributed by atoms with van der Waals surface area (Å²) in [6.45, 7) is 2.84. The van der Waals surface area contributed by atoms with Crippen molar-refractivity contribution in [3.63, 3.8) is 0 Å². The van der Waals surface area contributed by atoms with Crippen molar-refractivity contribution in [2.75, 3.05) is 11.4 Å². The van der Waals surface area contributed by atoms with Crippen molar-refractivity contribution in [2.45, 2.75) is 51.5 Å². The first kappa shape index (κ1) is 12.7. The third-order valence-corrected chi connectivity index (χ3v) is 4.74. The lowest BCUT2D eigenvalue weighted by Gasteiger charge is -2.27. The number of hydrogen-bond donors (Lipinski definition) is 0. The minimum atomic E-state index is 0.328. The predicted molar refractivity (Wildman–Crippen MR) is 78.5 cm³/mol. The van der Waals surface area contributed by atoms with Crippen molar-refractivity contribution in [3.05, 3.63) is 29.8 Å². The number of rotatable bonds is 3. The number of nitrogens with zero attached hydrogens (tertiary/aromatic N) is 1. The Morgan fingerprint density at radius 1 is 1.21 bits per heavy atom. The van der Waals surface area contributed by atoms with Crippen molar-refractivity contribution < 1.29 is 4.79 Å². The van der Waals surface area contributed by atoms with Gasteiger partial charge in [0.2, 0.25) is 0 Å². The zero-order valence-electron chi connectivity index (χ0n) is 11.8. The van der Waals surface area contributed by atoms with Crippen LogP contribution < -0.4 is 4.90 Å². The monoisotopic (exact) mass is 257 g/mol. The average Bonchev–Trinajstić information content (AvgIpc) is 2.76. The number of ketones is 1. The molecule has 0 aromatic heterocycles. The van der Waals surface area contributed by atoms with Gasteiger partial charge in [-0.15, -0.1) is 0 Å². The van der Waals surface area contributed by atoms with Crippen molar-refractivity contribution in [1.29, 1.82) is 0 Å². The number of benzene rings is 1. The summed E-state index contributed by atoms with van der Waals surface area (Å²) in [7, 11) is 0. The van der Waals surface area contributed by atoms with Gasteiger partial charge in [-0.05, 0) is 37.8 Å². The minimum absolute atomic E-state index is 0.328. The van der Waals surface area contributed by atoms with E-state index in [2.05, 4.69) is 36.1 Å². The number of para-hydroxylation sites is 1. The summed E-state index contributed by atoms with van der Waals surface area (Å²) in [5.74, 6) is 0.789. The van der Waals surface area contributed by atoms with Crippen LogP contribution in [0.4, 0.5) is 5.69 Å². The molecule has 1 heterocycles. The van der Waals surface area contributed by atoms with E-state index < -0.39 is 0 Å². The zero-order valence-corrected chi connectivity index (χ0v) is 11.8. The van der Waals surface area contributed by atoms with E-state index in [1.807, 2.05) is 0 Å². The highest BCUT2D eigenvalue weighted by Gasteiger charge is 2.29. The Balaban J connectivity index is 1.71. The number of Topliss-reactive ketones (excluding diaryl/α,β-unsaturated/α-hetero) is 1. The normalized spacial score (nSPS) is 23.4. The van der Waals surface area contributed by atoms with Crippen LogP contribution in [0.1, 0.15) is 44.6 Å². The molecule has 1 unspecified atom stereocenters. The van der Waals surface area contributed by atoms with E-state index in [4.69, 9.17) is 0 Å². The van der Waals surface area contributed by atoms with E-state index >= 15 is 0 Å². The molecule has 0 amide bonds. The summed E-state index contributed by atoms with van der Waals surface area (Å²) in [4.78, 5) is 14.8. The van der Waals surface area contributed by atoms with E-state index in [-0.39, 0.29) is 0 Å².